The summed E-state index contributed by atoms with van der Waals surface area (Å²) in [7, 11) is 1.60. The minimum atomic E-state index is -0.516. The van der Waals surface area contributed by atoms with Gasteiger partial charge in [0, 0.05) is 5.56 Å². The molecule has 148 valence electrons. The third kappa shape index (κ3) is 3.95. The third-order valence-electron chi connectivity index (χ3n) is 4.41. The fraction of sp³-hybridized carbons (Fsp3) is 0.200. The molecule has 0 fully saturated rings. The highest BCUT2D eigenvalue weighted by molar-refractivity contribution is 8.00. The lowest BCUT2D eigenvalue weighted by Crippen LogP contribution is -2.45. The fourth-order valence-electron chi connectivity index (χ4n) is 2.96. The Kier molecular flexibility index (Phi) is 5.22. The molecule has 1 atom stereocenters. The van der Waals surface area contributed by atoms with Crippen LogP contribution in [0.5, 0.6) is 5.75 Å². The van der Waals surface area contributed by atoms with E-state index in [9.17, 15) is 9.59 Å². The summed E-state index contributed by atoms with van der Waals surface area (Å²) >= 11 is 1.16. The van der Waals surface area contributed by atoms with E-state index in [1.54, 1.807) is 38.3 Å². The largest absolute Gasteiger partial charge is 0.497 e. The maximum atomic E-state index is 13.0. The number of benzene rings is 2. The van der Waals surface area contributed by atoms with Gasteiger partial charge < -0.3 is 14.5 Å². The highest BCUT2D eigenvalue weighted by Crippen LogP contribution is 2.32. The number of thioether (sulfide) groups is 1. The Bertz CT molecular complexity index is 1050. The van der Waals surface area contributed by atoms with E-state index in [2.05, 4.69) is 15.5 Å². The number of hydrogen-bond donors (Lipinski definition) is 1. The molecule has 8 nitrogen and oxygen atoms in total. The summed E-state index contributed by atoms with van der Waals surface area (Å²) < 4.78 is 10.8. The number of carbonyl (C=O) groups is 2. The summed E-state index contributed by atoms with van der Waals surface area (Å²) in [5.41, 5.74) is 2.05. The molecule has 4 rings (SSSR count). The van der Waals surface area contributed by atoms with Crippen molar-refractivity contribution in [1.29, 1.82) is 0 Å². The van der Waals surface area contributed by atoms with Crippen LogP contribution < -0.4 is 15.0 Å². The average molecular weight is 410 g/mol. The highest BCUT2D eigenvalue weighted by atomic mass is 32.2. The minimum Gasteiger partial charge on any atom is -0.497 e. The lowest BCUT2D eigenvalue weighted by atomic mass is 10.2. The zero-order chi connectivity index (χ0) is 20.4. The lowest BCUT2D eigenvalue weighted by Gasteiger charge is -2.30. The Morgan fingerprint density at radius 2 is 1.97 bits per heavy atom. The second kappa shape index (κ2) is 7.96. The molecule has 0 unspecified atom stereocenters. The molecule has 1 aliphatic heterocycles. The van der Waals surface area contributed by atoms with Crippen molar-refractivity contribution >= 4 is 35.0 Å². The maximum Gasteiger partial charge on any atom is 0.277 e. The number of methoxy groups -OCH3 is 1. The maximum absolute atomic E-state index is 13.0. The van der Waals surface area contributed by atoms with E-state index in [1.807, 2.05) is 24.3 Å². The molecule has 1 aliphatic rings. The molecule has 0 saturated heterocycles. The minimum absolute atomic E-state index is 0.0261. The van der Waals surface area contributed by atoms with Crippen molar-refractivity contribution in [3.05, 3.63) is 48.5 Å². The van der Waals surface area contributed by atoms with Crippen molar-refractivity contribution in [3.8, 4) is 17.2 Å². The first kappa shape index (κ1) is 19.0. The molecular formula is C20H18N4O4S. The molecule has 9 heteroatoms. The number of nitrogens with one attached hydrogen (secondary N) is 1. The summed E-state index contributed by atoms with van der Waals surface area (Å²) in [4.78, 5) is 26.4. The van der Waals surface area contributed by atoms with Gasteiger partial charge in [-0.3, -0.25) is 14.5 Å². The second-order valence-corrected chi connectivity index (χ2v) is 7.64. The number of nitrogens with zero attached hydrogens (tertiary/aromatic N) is 3. The standard InChI is InChI=1S/C20H18N4O4S/c1-12(19(26)24-11-17(25)21-15-5-3-4-6-16(15)24)29-20-23-22-18(28-20)13-7-9-14(27-2)10-8-13/h3-10,12H,11H2,1-2H3,(H,21,25)/t12-/m0/s1. The molecule has 0 bridgehead atoms. The van der Waals surface area contributed by atoms with Crippen LogP contribution in [0.25, 0.3) is 11.5 Å². The van der Waals surface area contributed by atoms with Crippen molar-refractivity contribution in [2.45, 2.75) is 17.4 Å². The predicted molar refractivity (Wildman–Crippen MR) is 109 cm³/mol. The number of anilines is 2. The topological polar surface area (TPSA) is 97.6 Å². The molecule has 1 N–H and O–H groups in total. The SMILES string of the molecule is COc1ccc(-c2nnc(S[C@@H](C)C(=O)N3CC(=O)Nc4ccccc43)o2)cc1. The summed E-state index contributed by atoms with van der Waals surface area (Å²) in [6.07, 6.45) is 0. The number of carbonyl (C=O) groups excluding carboxylic acids is 2. The van der Waals surface area contributed by atoms with Crippen LogP contribution in [0.15, 0.2) is 58.2 Å². The zero-order valence-corrected chi connectivity index (χ0v) is 16.6. The Morgan fingerprint density at radius 1 is 1.21 bits per heavy atom. The molecule has 29 heavy (non-hydrogen) atoms. The number of ether oxygens (including phenoxy) is 1. The van der Waals surface area contributed by atoms with Crippen LogP contribution in [0.3, 0.4) is 0 Å². The van der Waals surface area contributed by atoms with Gasteiger partial charge in [0.15, 0.2) is 0 Å². The monoisotopic (exact) mass is 410 g/mol. The normalized spacial score (nSPS) is 14.1. The molecule has 2 amide bonds. The van der Waals surface area contributed by atoms with E-state index >= 15 is 0 Å². The first-order chi connectivity index (χ1) is 14.0. The van der Waals surface area contributed by atoms with E-state index < -0.39 is 5.25 Å². The van der Waals surface area contributed by atoms with E-state index in [0.29, 0.717) is 17.3 Å². The lowest BCUT2D eigenvalue weighted by molar-refractivity contribution is -0.121. The van der Waals surface area contributed by atoms with Crippen molar-refractivity contribution in [2.24, 2.45) is 0 Å². The van der Waals surface area contributed by atoms with Crippen LogP contribution >= 0.6 is 11.8 Å². The smallest absolute Gasteiger partial charge is 0.277 e. The molecule has 0 spiro atoms. The van der Waals surface area contributed by atoms with E-state index in [-0.39, 0.29) is 23.6 Å². The quantitative estimate of drug-likeness (QED) is 0.645. The summed E-state index contributed by atoms with van der Waals surface area (Å²) in [6, 6.07) is 14.5. The van der Waals surface area contributed by atoms with Gasteiger partial charge >= 0.3 is 0 Å². The molecule has 1 aromatic heterocycles. The van der Waals surface area contributed by atoms with Crippen LogP contribution in [0.2, 0.25) is 0 Å². The van der Waals surface area contributed by atoms with Gasteiger partial charge in [-0.05, 0) is 43.3 Å². The molecular weight excluding hydrogens is 392 g/mol. The van der Waals surface area contributed by atoms with Gasteiger partial charge in [-0.2, -0.15) is 0 Å². The zero-order valence-electron chi connectivity index (χ0n) is 15.8. The van der Waals surface area contributed by atoms with Gasteiger partial charge in [-0.15, -0.1) is 10.2 Å². The second-order valence-electron chi connectivity index (χ2n) is 6.35. The van der Waals surface area contributed by atoms with Crippen molar-refractivity contribution in [1.82, 2.24) is 10.2 Å². The number of hydrogen-bond acceptors (Lipinski definition) is 7. The van der Waals surface area contributed by atoms with Crippen molar-refractivity contribution in [3.63, 3.8) is 0 Å². The third-order valence-corrected chi connectivity index (χ3v) is 5.33. The van der Waals surface area contributed by atoms with E-state index in [0.717, 1.165) is 23.1 Å². The van der Waals surface area contributed by atoms with Crippen LogP contribution in [0.1, 0.15) is 6.92 Å². The number of fused-ring (bicyclic) bond motifs is 1. The van der Waals surface area contributed by atoms with Gasteiger partial charge in [0.25, 0.3) is 5.22 Å². The highest BCUT2D eigenvalue weighted by Gasteiger charge is 2.31. The van der Waals surface area contributed by atoms with Gasteiger partial charge in [0.2, 0.25) is 17.7 Å². The molecule has 0 aliphatic carbocycles. The van der Waals surface area contributed by atoms with Gasteiger partial charge in [-0.25, -0.2) is 0 Å². The number of amides is 2. The number of para-hydroxylation sites is 2. The predicted octanol–water partition coefficient (Wildman–Crippen LogP) is 3.21. The van der Waals surface area contributed by atoms with Crippen molar-refractivity contribution in [2.75, 3.05) is 23.9 Å². The van der Waals surface area contributed by atoms with Crippen LogP contribution in [-0.2, 0) is 9.59 Å². The van der Waals surface area contributed by atoms with E-state index in [4.69, 9.17) is 9.15 Å². The average Bonchev–Trinajstić information content (AvgIpc) is 3.21. The van der Waals surface area contributed by atoms with Crippen LogP contribution in [0, 0.1) is 0 Å². The number of rotatable bonds is 5. The van der Waals surface area contributed by atoms with Gasteiger partial charge in [-0.1, -0.05) is 23.9 Å². The van der Waals surface area contributed by atoms with Gasteiger partial charge in [0.1, 0.15) is 12.3 Å². The first-order valence-corrected chi connectivity index (χ1v) is 9.78. The Balaban J connectivity index is 1.48. The van der Waals surface area contributed by atoms with Gasteiger partial charge in [0.05, 0.1) is 23.7 Å². The number of aromatic nitrogens is 2. The molecule has 3 aromatic rings. The Labute approximate surface area is 171 Å². The molecule has 0 radical (unpaired) electrons. The van der Waals surface area contributed by atoms with Crippen LogP contribution in [-0.4, -0.2) is 40.9 Å². The summed E-state index contributed by atoms with van der Waals surface area (Å²) in [5.74, 6) is 0.653. The summed E-state index contributed by atoms with van der Waals surface area (Å²) in [6.45, 7) is 1.72. The first-order valence-electron chi connectivity index (χ1n) is 8.90. The summed E-state index contributed by atoms with van der Waals surface area (Å²) in [5, 5.41) is 10.6. The Hall–Kier alpha value is -3.33. The fourth-order valence-corrected chi connectivity index (χ4v) is 3.70. The molecule has 2 aromatic carbocycles. The van der Waals surface area contributed by atoms with Crippen molar-refractivity contribution < 1.29 is 18.7 Å². The molecule has 2 heterocycles. The molecule has 0 saturated carbocycles. The van der Waals surface area contributed by atoms with Crippen LogP contribution in [0.4, 0.5) is 11.4 Å². The Morgan fingerprint density at radius 3 is 2.72 bits per heavy atom. The van der Waals surface area contributed by atoms with E-state index in [1.165, 1.54) is 4.90 Å².